The first-order valence-electron chi connectivity index (χ1n) is 5.94. The van der Waals surface area contributed by atoms with E-state index in [0.717, 1.165) is 0 Å². The van der Waals surface area contributed by atoms with E-state index in [1.165, 1.54) is 32.8 Å². The van der Waals surface area contributed by atoms with E-state index in [0.29, 0.717) is 22.1 Å². The maximum atomic E-state index is 11.6. The van der Waals surface area contributed by atoms with Crippen molar-refractivity contribution in [3.63, 3.8) is 0 Å². The fourth-order valence-electron chi connectivity index (χ4n) is 1.61. The third-order valence-electron chi connectivity index (χ3n) is 2.62. The molecule has 1 aromatic carbocycles. The Hall–Kier alpha value is -2.47. The molecule has 0 radical (unpaired) electrons. The van der Waals surface area contributed by atoms with Gasteiger partial charge in [0, 0.05) is 11.6 Å². The van der Waals surface area contributed by atoms with Crippen LogP contribution >= 0.6 is 11.6 Å². The van der Waals surface area contributed by atoms with E-state index in [4.69, 9.17) is 25.5 Å². The first-order chi connectivity index (χ1) is 10.2. The fourth-order valence-corrected chi connectivity index (χ4v) is 1.86. The van der Waals surface area contributed by atoms with Gasteiger partial charge in [-0.05, 0) is 18.2 Å². The zero-order valence-corrected chi connectivity index (χ0v) is 12.2. The van der Waals surface area contributed by atoms with Crippen molar-refractivity contribution in [3.05, 3.63) is 46.9 Å². The summed E-state index contributed by atoms with van der Waals surface area (Å²) in [5.41, 5.74) is 2.94. The number of furan rings is 1. The molecular formula is C14H13ClN2O4. The van der Waals surface area contributed by atoms with E-state index in [2.05, 4.69) is 10.5 Å². The van der Waals surface area contributed by atoms with Gasteiger partial charge in [0.05, 0.1) is 31.7 Å². The molecule has 0 aliphatic heterocycles. The number of hydrogen-bond acceptors (Lipinski definition) is 5. The Morgan fingerprint density at radius 3 is 2.71 bits per heavy atom. The molecule has 0 spiro atoms. The van der Waals surface area contributed by atoms with Gasteiger partial charge in [0.25, 0.3) is 0 Å². The number of nitrogens with zero attached hydrogens (tertiary/aromatic N) is 1. The lowest BCUT2D eigenvalue weighted by atomic mass is 10.2. The number of hydrazone groups is 1. The number of carbonyl (C=O) groups excluding carboxylic acids is 1. The summed E-state index contributed by atoms with van der Waals surface area (Å²) in [7, 11) is 3.03. The van der Waals surface area contributed by atoms with Crippen molar-refractivity contribution in [2.24, 2.45) is 5.10 Å². The SMILES string of the molecule is COc1cc(OC)c(/C=N\NC(=O)c2ccco2)cc1Cl. The maximum absolute atomic E-state index is 11.6. The number of methoxy groups -OCH3 is 2. The van der Waals surface area contributed by atoms with Crippen molar-refractivity contribution >= 4 is 23.7 Å². The van der Waals surface area contributed by atoms with Crippen LogP contribution in [0.15, 0.2) is 40.0 Å². The molecule has 0 unspecified atom stereocenters. The van der Waals surface area contributed by atoms with Crippen LogP contribution < -0.4 is 14.9 Å². The molecule has 2 rings (SSSR count). The highest BCUT2D eigenvalue weighted by molar-refractivity contribution is 6.32. The Balaban J connectivity index is 2.13. The van der Waals surface area contributed by atoms with Crippen LogP contribution in [0.3, 0.4) is 0 Å². The first kappa shape index (κ1) is 14.9. The highest BCUT2D eigenvalue weighted by atomic mass is 35.5. The van der Waals surface area contributed by atoms with E-state index in [1.54, 1.807) is 18.2 Å². The van der Waals surface area contributed by atoms with Gasteiger partial charge >= 0.3 is 5.91 Å². The van der Waals surface area contributed by atoms with E-state index in [1.807, 2.05) is 0 Å². The van der Waals surface area contributed by atoms with E-state index in [9.17, 15) is 4.79 Å². The van der Waals surface area contributed by atoms with Crippen LogP contribution in [0.4, 0.5) is 0 Å². The lowest BCUT2D eigenvalue weighted by Gasteiger charge is -2.09. The zero-order chi connectivity index (χ0) is 15.2. The topological polar surface area (TPSA) is 73.1 Å². The Morgan fingerprint density at radius 2 is 2.10 bits per heavy atom. The number of amides is 1. The summed E-state index contributed by atoms with van der Waals surface area (Å²) in [5.74, 6) is 0.735. The number of ether oxygens (including phenoxy) is 2. The summed E-state index contributed by atoms with van der Waals surface area (Å²) in [6.07, 6.45) is 2.83. The predicted molar refractivity (Wildman–Crippen MR) is 78.3 cm³/mol. The summed E-state index contributed by atoms with van der Waals surface area (Å²) < 4.78 is 15.3. The summed E-state index contributed by atoms with van der Waals surface area (Å²) >= 11 is 6.04. The largest absolute Gasteiger partial charge is 0.496 e. The molecule has 0 atom stereocenters. The van der Waals surface area contributed by atoms with E-state index in [-0.39, 0.29) is 5.76 Å². The minimum absolute atomic E-state index is 0.173. The number of benzene rings is 1. The van der Waals surface area contributed by atoms with Crippen molar-refractivity contribution in [2.75, 3.05) is 14.2 Å². The molecule has 110 valence electrons. The predicted octanol–water partition coefficient (Wildman–Crippen LogP) is 2.71. The summed E-state index contributed by atoms with van der Waals surface area (Å²) in [6.45, 7) is 0. The van der Waals surface area contributed by atoms with Crippen molar-refractivity contribution in [1.82, 2.24) is 5.43 Å². The van der Waals surface area contributed by atoms with Gasteiger partial charge in [-0.3, -0.25) is 4.79 Å². The molecule has 0 saturated carbocycles. The second-order valence-electron chi connectivity index (χ2n) is 3.91. The van der Waals surface area contributed by atoms with Crippen LogP contribution in [0.25, 0.3) is 0 Å². The molecule has 0 aliphatic carbocycles. The molecule has 6 nitrogen and oxygen atoms in total. The van der Waals surface area contributed by atoms with Crippen molar-refractivity contribution < 1.29 is 18.7 Å². The van der Waals surface area contributed by atoms with Crippen molar-refractivity contribution in [1.29, 1.82) is 0 Å². The fraction of sp³-hybridized carbons (Fsp3) is 0.143. The first-order valence-corrected chi connectivity index (χ1v) is 6.32. The Labute approximate surface area is 126 Å². The van der Waals surface area contributed by atoms with Gasteiger partial charge in [0.1, 0.15) is 11.5 Å². The van der Waals surface area contributed by atoms with Gasteiger partial charge in [0.2, 0.25) is 0 Å². The number of nitrogens with one attached hydrogen (secondary N) is 1. The third kappa shape index (κ3) is 3.55. The highest BCUT2D eigenvalue weighted by Gasteiger charge is 2.09. The molecule has 2 aromatic rings. The summed E-state index contributed by atoms with van der Waals surface area (Å²) in [5, 5.41) is 4.25. The molecule has 0 saturated heterocycles. The molecule has 1 N–H and O–H groups in total. The summed E-state index contributed by atoms with van der Waals surface area (Å²) in [4.78, 5) is 11.6. The van der Waals surface area contributed by atoms with Gasteiger partial charge < -0.3 is 13.9 Å². The molecule has 1 aromatic heterocycles. The molecule has 1 heterocycles. The van der Waals surface area contributed by atoms with Crippen LogP contribution in [0, 0.1) is 0 Å². The van der Waals surface area contributed by atoms with Crippen molar-refractivity contribution in [2.45, 2.75) is 0 Å². The normalized spacial score (nSPS) is 10.6. The van der Waals surface area contributed by atoms with Gasteiger partial charge in [-0.1, -0.05) is 11.6 Å². The molecule has 7 heteroatoms. The van der Waals surface area contributed by atoms with Crippen LogP contribution in [0.2, 0.25) is 5.02 Å². The lowest BCUT2D eigenvalue weighted by molar-refractivity contribution is 0.0927. The molecule has 0 fully saturated rings. The van der Waals surface area contributed by atoms with Gasteiger partial charge in [-0.15, -0.1) is 0 Å². The minimum atomic E-state index is -0.449. The minimum Gasteiger partial charge on any atom is -0.496 e. The van der Waals surface area contributed by atoms with E-state index < -0.39 is 5.91 Å². The van der Waals surface area contributed by atoms with Gasteiger partial charge in [-0.2, -0.15) is 5.10 Å². The summed E-state index contributed by atoms with van der Waals surface area (Å²) in [6, 6.07) is 6.42. The Bertz CT molecular complexity index is 653. The monoisotopic (exact) mass is 308 g/mol. The molecule has 0 bridgehead atoms. The second kappa shape index (κ2) is 6.81. The average Bonchev–Trinajstić information content (AvgIpc) is 3.01. The molecule has 1 amide bonds. The van der Waals surface area contributed by atoms with Crippen LogP contribution in [-0.2, 0) is 0 Å². The van der Waals surface area contributed by atoms with Crippen LogP contribution in [0.5, 0.6) is 11.5 Å². The molecule has 21 heavy (non-hydrogen) atoms. The zero-order valence-electron chi connectivity index (χ0n) is 11.4. The Morgan fingerprint density at radius 1 is 1.33 bits per heavy atom. The van der Waals surface area contributed by atoms with E-state index >= 15 is 0 Å². The smallest absolute Gasteiger partial charge is 0.307 e. The average molecular weight is 309 g/mol. The molecule has 0 aliphatic rings. The number of rotatable bonds is 5. The number of carbonyl (C=O) groups is 1. The maximum Gasteiger partial charge on any atom is 0.307 e. The quantitative estimate of drug-likeness (QED) is 0.681. The van der Waals surface area contributed by atoms with Gasteiger partial charge in [-0.25, -0.2) is 5.43 Å². The number of hydrogen-bond donors (Lipinski definition) is 1. The standard InChI is InChI=1S/C14H13ClN2O4/c1-19-12-7-13(20-2)10(15)6-9(12)8-16-17-14(18)11-4-3-5-21-11/h3-8H,1-2H3,(H,17,18)/b16-8-. The third-order valence-corrected chi connectivity index (χ3v) is 2.91. The van der Waals surface area contributed by atoms with Crippen molar-refractivity contribution in [3.8, 4) is 11.5 Å². The lowest BCUT2D eigenvalue weighted by Crippen LogP contribution is -2.16. The highest BCUT2D eigenvalue weighted by Crippen LogP contribution is 2.31. The van der Waals surface area contributed by atoms with Crippen LogP contribution in [0.1, 0.15) is 16.1 Å². The van der Waals surface area contributed by atoms with Gasteiger partial charge in [0.15, 0.2) is 5.76 Å². The number of halogens is 1. The van der Waals surface area contributed by atoms with Crippen LogP contribution in [-0.4, -0.2) is 26.3 Å². The Kier molecular flexibility index (Phi) is 4.84. The second-order valence-corrected chi connectivity index (χ2v) is 4.31. The molecular weight excluding hydrogens is 296 g/mol.